The summed E-state index contributed by atoms with van der Waals surface area (Å²) in [5.41, 5.74) is 3.24. The highest BCUT2D eigenvalue weighted by atomic mass is 16.6. The second-order valence-electron chi connectivity index (χ2n) is 6.80. The molecule has 0 bridgehead atoms. The number of allylic oxidation sites excluding steroid dienone is 1. The van der Waals surface area contributed by atoms with Gasteiger partial charge in [0.05, 0.1) is 4.92 Å². The van der Waals surface area contributed by atoms with Crippen LogP contribution in [-0.4, -0.2) is 28.9 Å². The Morgan fingerprint density at radius 3 is 2.46 bits per heavy atom. The topological polar surface area (TPSA) is 75.5 Å². The molecule has 4 rings (SSSR count). The third-order valence-electron chi connectivity index (χ3n) is 5.35. The second-order valence-corrected chi connectivity index (χ2v) is 6.80. The van der Waals surface area contributed by atoms with Crippen molar-refractivity contribution in [1.29, 1.82) is 0 Å². The van der Waals surface area contributed by atoms with Gasteiger partial charge in [0.15, 0.2) is 0 Å². The molecule has 0 saturated carbocycles. The van der Waals surface area contributed by atoms with Crippen LogP contribution in [0.5, 0.6) is 0 Å². The van der Waals surface area contributed by atoms with E-state index in [9.17, 15) is 14.9 Å². The average Bonchev–Trinajstić information content (AvgIpc) is 3.01. The number of carbonyl (C=O) groups excluding carboxylic acids is 1. The molecular formula is C20H19N3O3. The van der Waals surface area contributed by atoms with Crippen LogP contribution >= 0.6 is 0 Å². The van der Waals surface area contributed by atoms with Gasteiger partial charge in [-0.15, -0.1) is 0 Å². The average molecular weight is 349 g/mol. The van der Waals surface area contributed by atoms with Crippen molar-refractivity contribution in [3.63, 3.8) is 0 Å². The van der Waals surface area contributed by atoms with Crippen LogP contribution in [0.25, 0.3) is 6.08 Å². The highest BCUT2D eigenvalue weighted by molar-refractivity contribution is 5.89. The maximum atomic E-state index is 12.5. The third-order valence-corrected chi connectivity index (χ3v) is 5.35. The smallest absolute Gasteiger partial charge is 0.321 e. The molecule has 2 aromatic rings. The third kappa shape index (κ3) is 2.83. The lowest BCUT2D eigenvalue weighted by molar-refractivity contribution is -0.384. The number of rotatable bonds is 2. The zero-order chi connectivity index (χ0) is 18.1. The molecule has 1 fully saturated rings. The fraction of sp³-hybridized carbons (Fsp3) is 0.250. The Hall–Kier alpha value is -3.15. The second kappa shape index (κ2) is 6.29. The van der Waals surface area contributed by atoms with Gasteiger partial charge in [-0.25, -0.2) is 4.79 Å². The molecule has 132 valence electrons. The van der Waals surface area contributed by atoms with Crippen molar-refractivity contribution >= 4 is 23.5 Å². The fourth-order valence-electron chi connectivity index (χ4n) is 3.85. The van der Waals surface area contributed by atoms with E-state index in [1.165, 1.54) is 23.3 Å². The van der Waals surface area contributed by atoms with E-state index in [-0.39, 0.29) is 17.1 Å². The number of hydrogen-bond donors (Lipinski definition) is 1. The molecule has 6 nitrogen and oxygen atoms in total. The standard InChI is InChI=1S/C20H19N3O3/c24-19(21-16-5-7-17(8-6-16)23(25)26)22-13-11-20(12-14-22)10-9-15-3-1-2-4-18(15)20/h1-10H,11-14H2,(H,21,24). The number of nitro groups is 1. The van der Waals surface area contributed by atoms with Crippen molar-refractivity contribution in [2.45, 2.75) is 18.3 Å². The van der Waals surface area contributed by atoms with E-state index in [4.69, 9.17) is 0 Å². The van der Waals surface area contributed by atoms with Crippen LogP contribution in [0, 0.1) is 10.1 Å². The summed E-state index contributed by atoms with van der Waals surface area (Å²) in [5.74, 6) is 0. The Kier molecular flexibility index (Phi) is 3.95. The number of nitrogens with zero attached hydrogens (tertiary/aromatic N) is 2. The predicted octanol–water partition coefficient (Wildman–Crippen LogP) is 4.19. The molecule has 1 heterocycles. The summed E-state index contributed by atoms with van der Waals surface area (Å²) in [6, 6.07) is 14.2. The molecule has 0 aromatic heterocycles. The number of amides is 2. The minimum absolute atomic E-state index is 0.00889. The number of hydrogen-bond acceptors (Lipinski definition) is 3. The first kappa shape index (κ1) is 16.3. The van der Waals surface area contributed by atoms with E-state index in [1.54, 1.807) is 17.0 Å². The molecule has 2 aliphatic rings. The highest BCUT2D eigenvalue weighted by Crippen LogP contribution is 2.43. The Balaban J connectivity index is 1.40. The van der Waals surface area contributed by atoms with Crippen LogP contribution in [0.4, 0.5) is 16.2 Å². The van der Waals surface area contributed by atoms with Crippen molar-refractivity contribution in [2.75, 3.05) is 18.4 Å². The Morgan fingerprint density at radius 1 is 1.08 bits per heavy atom. The summed E-state index contributed by atoms with van der Waals surface area (Å²) in [4.78, 5) is 24.5. The van der Waals surface area contributed by atoms with Crippen LogP contribution in [-0.2, 0) is 5.41 Å². The summed E-state index contributed by atoms with van der Waals surface area (Å²) < 4.78 is 0. The minimum atomic E-state index is -0.456. The minimum Gasteiger partial charge on any atom is -0.324 e. The van der Waals surface area contributed by atoms with Gasteiger partial charge in [0.1, 0.15) is 0 Å². The number of non-ortho nitro benzene ring substituents is 1. The summed E-state index contributed by atoms with van der Waals surface area (Å²) in [7, 11) is 0. The largest absolute Gasteiger partial charge is 0.324 e. The molecule has 1 aliphatic heterocycles. The van der Waals surface area contributed by atoms with Crippen LogP contribution < -0.4 is 5.32 Å². The molecule has 26 heavy (non-hydrogen) atoms. The molecule has 0 atom stereocenters. The van der Waals surface area contributed by atoms with E-state index in [2.05, 4.69) is 41.7 Å². The number of nitrogens with one attached hydrogen (secondary N) is 1. The first-order valence-electron chi connectivity index (χ1n) is 8.67. The van der Waals surface area contributed by atoms with Gasteiger partial charge < -0.3 is 10.2 Å². The molecule has 1 spiro atoms. The number of fused-ring (bicyclic) bond motifs is 2. The first-order valence-corrected chi connectivity index (χ1v) is 8.67. The van der Waals surface area contributed by atoms with Crippen molar-refractivity contribution in [3.05, 3.63) is 75.8 Å². The Morgan fingerprint density at radius 2 is 1.77 bits per heavy atom. The van der Waals surface area contributed by atoms with Crippen molar-refractivity contribution < 1.29 is 9.72 Å². The molecule has 6 heteroatoms. The van der Waals surface area contributed by atoms with Crippen molar-refractivity contribution in [2.24, 2.45) is 0 Å². The van der Waals surface area contributed by atoms with E-state index in [0.29, 0.717) is 18.8 Å². The molecule has 0 radical (unpaired) electrons. The van der Waals surface area contributed by atoms with Gasteiger partial charge in [-0.3, -0.25) is 10.1 Å². The number of nitro benzene ring substituents is 1. The SMILES string of the molecule is O=C(Nc1ccc([N+](=O)[O-])cc1)N1CCC2(C=Cc3ccccc32)CC1. The van der Waals surface area contributed by atoms with Gasteiger partial charge in [-0.2, -0.15) is 0 Å². The number of benzene rings is 2. The van der Waals surface area contributed by atoms with Crippen LogP contribution in [0.2, 0.25) is 0 Å². The van der Waals surface area contributed by atoms with Crippen molar-refractivity contribution in [1.82, 2.24) is 4.90 Å². The summed E-state index contributed by atoms with van der Waals surface area (Å²) in [6.45, 7) is 1.36. The monoisotopic (exact) mass is 349 g/mol. The number of anilines is 1. The van der Waals surface area contributed by atoms with Crippen molar-refractivity contribution in [3.8, 4) is 0 Å². The quantitative estimate of drug-likeness (QED) is 0.652. The van der Waals surface area contributed by atoms with E-state index < -0.39 is 4.92 Å². The fourth-order valence-corrected chi connectivity index (χ4v) is 3.85. The lowest BCUT2D eigenvalue weighted by atomic mass is 9.74. The first-order chi connectivity index (χ1) is 12.6. The predicted molar refractivity (Wildman–Crippen MR) is 100 cm³/mol. The lowest BCUT2D eigenvalue weighted by Gasteiger charge is -2.39. The van der Waals surface area contributed by atoms with Gasteiger partial charge in [-0.1, -0.05) is 36.4 Å². The zero-order valence-corrected chi connectivity index (χ0v) is 14.2. The van der Waals surface area contributed by atoms with Crippen LogP contribution in [0.3, 0.4) is 0 Å². The summed E-state index contributed by atoms with van der Waals surface area (Å²) in [5, 5.41) is 13.5. The molecule has 1 aliphatic carbocycles. The number of likely N-dealkylation sites (tertiary alicyclic amines) is 1. The molecule has 1 saturated heterocycles. The number of carbonyl (C=O) groups is 1. The molecular weight excluding hydrogens is 330 g/mol. The molecule has 0 unspecified atom stereocenters. The highest BCUT2D eigenvalue weighted by Gasteiger charge is 2.38. The Bertz CT molecular complexity index is 881. The maximum Gasteiger partial charge on any atom is 0.321 e. The summed E-state index contributed by atoms with van der Waals surface area (Å²) in [6.07, 6.45) is 6.26. The Labute approximate surface area is 151 Å². The van der Waals surface area contributed by atoms with E-state index in [1.807, 2.05) is 0 Å². The maximum absolute atomic E-state index is 12.5. The van der Waals surface area contributed by atoms with Crippen LogP contribution in [0.15, 0.2) is 54.6 Å². The van der Waals surface area contributed by atoms with Gasteiger partial charge in [-0.05, 0) is 36.1 Å². The van der Waals surface area contributed by atoms with Gasteiger partial charge >= 0.3 is 6.03 Å². The number of urea groups is 1. The van der Waals surface area contributed by atoms with Gasteiger partial charge in [0.25, 0.3) is 5.69 Å². The van der Waals surface area contributed by atoms with E-state index in [0.717, 1.165) is 12.8 Å². The van der Waals surface area contributed by atoms with Crippen LogP contribution in [0.1, 0.15) is 24.0 Å². The normalized spacial score (nSPS) is 17.2. The number of piperidine rings is 1. The molecule has 2 amide bonds. The van der Waals surface area contributed by atoms with E-state index >= 15 is 0 Å². The molecule has 1 N–H and O–H groups in total. The van der Waals surface area contributed by atoms with Gasteiger partial charge in [0, 0.05) is 36.3 Å². The molecule has 2 aromatic carbocycles. The summed E-state index contributed by atoms with van der Waals surface area (Å²) >= 11 is 0. The van der Waals surface area contributed by atoms with Gasteiger partial charge in [0.2, 0.25) is 0 Å². The zero-order valence-electron chi connectivity index (χ0n) is 14.2. The lowest BCUT2D eigenvalue weighted by Crippen LogP contribution is -2.45.